The number of carbonyl (C=O) groups is 1. The van der Waals surface area contributed by atoms with Gasteiger partial charge in [0.1, 0.15) is 0 Å². The van der Waals surface area contributed by atoms with Gasteiger partial charge in [-0.2, -0.15) is 0 Å². The number of imidazole rings is 1. The van der Waals surface area contributed by atoms with Crippen molar-refractivity contribution in [3.8, 4) is 5.69 Å². The van der Waals surface area contributed by atoms with Gasteiger partial charge in [-0.15, -0.1) is 0 Å². The molecule has 11 heteroatoms. The molecular weight excluding hydrogens is 574 g/mol. The molecule has 2 aromatic carbocycles. The van der Waals surface area contributed by atoms with Gasteiger partial charge in [0.05, 0.1) is 16.7 Å². The van der Waals surface area contributed by atoms with Gasteiger partial charge in [-0.25, -0.2) is 9.48 Å². The second-order valence-electron chi connectivity index (χ2n) is 11.8. The number of carbonyl (C=O) groups excluding carboxylic acids is 1. The van der Waals surface area contributed by atoms with E-state index in [4.69, 9.17) is 9.47 Å². The highest BCUT2D eigenvalue weighted by molar-refractivity contribution is 5.92. The molecule has 0 bridgehead atoms. The Kier molecular flexibility index (Phi) is 8.82. The summed E-state index contributed by atoms with van der Waals surface area (Å²) in [6.45, 7) is 5.06. The molecule has 4 heterocycles. The molecule has 0 saturated carbocycles. The second-order valence-corrected chi connectivity index (χ2v) is 11.8. The van der Waals surface area contributed by atoms with Gasteiger partial charge in [0.2, 0.25) is 6.29 Å². The summed E-state index contributed by atoms with van der Waals surface area (Å²) in [5.74, 6) is -0.847. The monoisotopic (exact) mass is 615 g/mol. The predicted molar refractivity (Wildman–Crippen MR) is 170 cm³/mol. The number of fused-ring (bicyclic) bond motifs is 1. The molecule has 0 spiro atoms. The van der Waals surface area contributed by atoms with Gasteiger partial charge in [-0.1, -0.05) is 30.3 Å². The molecule has 11 nitrogen and oxygen atoms in total. The third-order valence-electron chi connectivity index (χ3n) is 9.30. The lowest BCUT2D eigenvalue weighted by atomic mass is 9.80. The molecule has 238 valence electrons. The number of rotatable bonds is 9. The zero-order chi connectivity index (χ0) is 31.7. The van der Waals surface area contributed by atoms with Gasteiger partial charge in [0.15, 0.2) is 5.76 Å². The summed E-state index contributed by atoms with van der Waals surface area (Å²) in [6, 6.07) is 17.1. The van der Waals surface area contributed by atoms with Gasteiger partial charge in [-0.3, -0.25) is 18.8 Å². The highest BCUT2D eigenvalue weighted by Crippen LogP contribution is 2.40. The van der Waals surface area contributed by atoms with Crippen LogP contribution in [0.5, 0.6) is 0 Å². The summed E-state index contributed by atoms with van der Waals surface area (Å²) >= 11 is 0. The number of allylic oxidation sites excluding steroid dienone is 1. The van der Waals surface area contributed by atoms with Crippen molar-refractivity contribution in [1.29, 1.82) is 0 Å². The Bertz CT molecular complexity index is 1810. The van der Waals surface area contributed by atoms with E-state index in [0.717, 1.165) is 22.4 Å². The topological polar surface area (TPSA) is 124 Å². The molecular formula is C34H41N5O6. The molecule has 2 aliphatic rings. The minimum absolute atomic E-state index is 0.00591. The molecule has 0 unspecified atom stereocenters. The van der Waals surface area contributed by atoms with E-state index in [1.54, 1.807) is 20.2 Å². The van der Waals surface area contributed by atoms with Crippen molar-refractivity contribution in [1.82, 2.24) is 23.8 Å². The number of benzene rings is 2. The maximum atomic E-state index is 14.1. The van der Waals surface area contributed by atoms with Crippen molar-refractivity contribution >= 4 is 16.9 Å². The van der Waals surface area contributed by atoms with Crippen molar-refractivity contribution in [2.45, 2.75) is 57.8 Å². The fraction of sp³-hybridized carbons (Fsp3) is 0.441. The maximum absolute atomic E-state index is 14.1. The van der Waals surface area contributed by atoms with E-state index in [1.165, 1.54) is 0 Å². The summed E-state index contributed by atoms with van der Waals surface area (Å²) in [4.78, 5) is 45.6. The number of nitrogens with one attached hydrogen (secondary N) is 1. The second kappa shape index (κ2) is 12.9. The standard InChI is InChI=1S/C34H41N5O6/c1-4-44-33-25(13-10-20-40)26(30-22(2)36(3)39(32(30)42)24-11-6-5-7-12-24)21-29(45-33)31(41)37-18-16-23(17-19-37)38-28-15-9-8-14-27(28)35-34(38)43/h5-9,11-12,14-15,21,23,25-26,33,40H,4,10,13,16-20H2,1-3H3,(H,35,43)/t25-,26-,33+/m0/s1. The third kappa shape index (κ3) is 5.66. The fourth-order valence-electron chi connectivity index (χ4n) is 6.98. The summed E-state index contributed by atoms with van der Waals surface area (Å²) in [7, 11) is 1.86. The van der Waals surface area contributed by atoms with E-state index in [0.29, 0.717) is 50.9 Å². The first-order valence-electron chi connectivity index (χ1n) is 15.8. The lowest BCUT2D eigenvalue weighted by Gasteiger charge is -2.38. The van der Waals surface area contributed by atoms with Crippen LogP contribution in [0.2, 0.25) is 0 Å². The Balaban J connectivity index is 1.32. The minimum atomic E-state index is -0.762. The SMILES string of the molecule is CCO[C@@H]1OC(C(=O)N2CCC(n3c(=O)[nH]c4ccccc43)CC2)=C[C@H](c2c(C)n(C)n(-c3ccccc3)c2=O)[C@@H]1CCCO. The Morgan fingerprint density at radius 1 is 1.07 bits per heavy atom. The van der Waals surface area contributed by atoms with Gasteiger partial charge >= 0.3 is 5.69 Å². The number of amides is 1. The lowest BCUT2D eigenvalue weighted by molar-refractivity contribution is -0.170. The number of aromatic amines is 1. The van der Waals surface area contributed by atoms with Crippen LogP contribution in [0, 0.1) is 12.8 Å². The van der Waals surface area contributed by atoms with E-state index in [-0.39, 0.29) is 41.5 Å². The summed E-state index contributed by atoms with van der Waals surface area (Å²) in [5.41, 5.74) is 3.47. The van der Waals surface area contributed by atoms with Crippen molar-refractivity contribution < 1.29 is 19.4 Å². The van der Waals surface area contributed by atoms with E-state index in [9.17, 15) is 19.5 Å². The van der Waals surface area contributed by atoms with Gasteiger partial charge in [0, 0.05) is 62.5 Å². The van der Waals surface area contributed by atoms with Crippen LogP contribution in [-0.2, 0) is 21.3 Å². The first-order valence-corrected chi connectivity index (χ1v) is 15.8. The average Bonchev–Trinajstić information content (AvgIpc) is 3.51. The van der Waals surface area contributed by atoms with E-state index < -0.39 is 12.2 Å². The van der Waals surface area contributed by atoms with Crippen LogP contribution < -0.4 is 11.2 Å². The maximum Gasteiger partial charge on any atom is 0.326 e. The quantitative estimate of drug-likeness (QED) is 0.296. The third-order valence-corrected chi connectivity index (χ3v) is 9.30. The van der Waals surface area contributed by atoms with Crippen LogP contribution in [0.1, 0.15) is 55.8 Å². The zero-order valence-electron chi connectivity index (χ0n) is 26.0. The molecule has 4 aromatic rings. The number of aromatic nitrogens is 4. The Labute approximate surface area is 261 Å². The summed E-state index contributed by atoms with van der Waals surface area (Å²) < 4.78 is 17.6. The normalized spacial score (nSPS) is 20.8. The van der Waals surface area contributed by atoms with Crippen molar-refractivity contribution in [3.05, 3.63) is 98.5 Å². The number of nitrogens with zero attached hydrogens (tertiary/aromatic N) is 4. The molecule has 2 aliphatic heterocycles. The van der Waals surface area contributed by atoms with Gasteiger partial charge in [0.25, 0.3) is 11.5 Å². The number of piperidine rings is 1. The number of hydrogen-bond acceptors (Lipinski definition) is 6. The molecule has 0 radical (unpaired) electrons. The van der Waals surface area contributed by atoms with E-state index in [1.807, 2.05) is 80.2 Å². The van der Waals surface area contributed by atoms with Gasteiger partial charge < -0.3 is 24.5 Å². The summed E-state index contributed by atoms with van der Waals surface area (Å²) in [5, 5.41) is 9.70. The number of H-pyrrole nitrogens is 1. The minimum Gasteiger partial charge on any atom is -0.459 e. The van der Waals surface area contributed by atoms with Crippen LogP contribution in [0.3, 0.4) is 0 Å². The molecule has 6 rings (SSSR count). The van der Waals surface area contributed by atoms with Crippen LogP contribution in [-0.4, -0.2) is 67.4 Å². The zero-order valence-corrected chi connectivity index (χ0v) is 26.0. The number of aliphatic hydroxyl groups is 1. The molecule has 2 aromatic heterocycles. The Morgan fingerprint density at radius 3 is 2.49 bits per heavy atom. The smallest absolute Gasteiger partial charge is 0.326 e. The number of likely N-dealkylation sites (tertiary alicyclic amines) is 1. The first-order chi connectivity index (χ1) is 21.8. The highest BCUT2D eigenvalue weighted by Gasteiger charge is 2.42. The molecule has 1 amide bonds. The fourth-order valence-corrected chi connectivity index (χ4v) is 6.98. The van der Waals surface area contributed by atoms with Crippen LogP contribution >= 0.6 is 0 Å². The Hall–Kier alpha value is -4.35. The predicted octanol–water partition coefficient (Wildman–Crippen LogP) is 3.74. The molecule has 45 heavy (non-hydrogen) atoms. The van der Waals surface area contributed by atoms with E-state index in [2.05, 4.69) is 4.98 Å². The van der Waals surface area contributed by atoms with Crippen LogP contribution in [0.15, 0.2) is 76.0 Å². The molecule has 2 N–H and O–H groups in total. The van der Waals surface area contributed by atoms with Crippen molar-refractivity contribution in [2.75, 3.05) is 26.3 Å². The summed E-state index contributed by atoms with van der Waals surface area (Å²) in [6.07, 6.45) is 3.32. The van der Waals surface area contributed by atoms with E-state index >= 15 is 0 Å². The molecule has 0 aliphatic carbocycles. The number of hydrogen-bond donors (Lipinski definition) is 2. The van der Waals surface area contributed by atoms with Crippen LogP contribution in [0.25, 0.3) is 16.7 Å². The lowest BCUT2D eigenvalue weighted by Crippen LogP contribution is -2.44. The number of para-hydroxylation sites is 3. The average molecular weight is 616 g/mol. The molecule has 3 atom stereocenters. The molecule has 1 fully saturated rings. The molecule has 1 saturated heterocycles. The van der Waals surface area contributed by atoms with Crippen molar-refractivity contribution in [3.63, 3.8) is 0 Å². The van der Waals surface area contributed by atoms with Gasteiger partial charge in [-0.05, 0) is 69.9 Å². The highest BCUT2D eigenvalue weighted by atomic mass is 16.7. The number of ether oxygens (including phenoxy) is 2. The van der Waals surface area contributed by atoms with Crippen molar-refractivity contribution in [2.24, 2.45) is 13.0 Å². The number of aliphatic hydroxyl groups excluding tert-OH is 1. The Morgan fingerprint density at radius 2 is 1.78 bits per heavy atom. The largest absolute Gasteiger partial charge is 0.459 e. The first kappa shape index (κ1) is 30.7. The van der Waals surface area contributed by atoms with Crippen LogP contribution in [0.4, 0.5) is 0 Å².